The predicted octanol–water partition coefficient (Wildman–Crippen LogP) is 4.12. The third-order valence-electron chi connectivity index (χ3n) is 4.92. The van der Waals surface area contributed by atoms with E-state index in [1.807, 2.05) is 50.2 Å². The minimum absolute atomic E-state index is 0.0654. The topological polar surface area (TPSA) is 73.6 Å². The molecule has 4 rings (SSSR count). The van der Waals surface area contributed by atoms with Gasteiger partial charge in [-0.3, -0.25) is 4.79 Å². The summed E-state index contributed by atoms with van der Waals surface area (Å²) in [6, 6.07) is 14.9. The van der Waals surface area contributed by atoms with Gasteiger partial charge in [0.15, 0.2) is 0 Å². The second kappa shape index (κ2) is 7.76. The fourth-order valence-electron chi connectivity index (χ4n) is 3.32. The second-order valence-electron chi connectivity index (χ2n) is 6.82. The van der Waals surface area contributed by atoms with Gasteiger partial charge in [0.1, 0.15) is 23.9 Å². The number of carbonyl (C=O) groups is 1. The highest BCUT2D eigenvalue weighted by Gasteiger charge is 2.23. The summed E-state index contributed by atoms with van der Waals surface area (Å²) >= 11 is 0. The van der Waals surface area contributed by atoms with Crippen molar-refractivity contribution in [1.82, 2.24) is 10.5 Å². The molecule has 1 amide bonds. The SMILES string of the molecule is Cc1noc(C)c1COc1cccc(C(=O)N[C@H]2CCOc3ccccc32)c1. The van der Waals surface area contributed by atoms with Crippen molar-refractivity contribution in [2.75, 3.05) is 6.61 Å². The van der Waals surface area contributed by atoms with Crippen LogP contribution in [0.15, 0.2) is 53.1 Å². The van der Waals surface area contributed by atoms with E-state index in [0.29, 0.717) is 24.5 Å². The molecule has 2 aromatic carbocycles. The Morgan fingerprint density at radius 3 is 2.89 bits per heavy atom. The molecule has 1 aliphatic rings. The van der Waals surface area contributed by atoms with E-state index < -0.39 is 0 Å². The molecule has 0 aliphatic carbocycles. The Kier molecular flexibility index (Phi) is 5.02. The zero-order valence-corrected chi connectivity index (χ0v) is 15.9. The summed E-state index contributed by atoms with van der Waals surface area (Å²) in [5, 5.41) is 7.04. The number of nitrogens with one attached hydrogen (secondary N) is 1. The molecule has 0 spiro atoms. The molecule has 1 atom stereocenters. The number of rotatable bonds is 5. The number of hydrogen-bond donors (Lipinski definition) is 1. The minimum atomic E-state index is -0.135. The molecule has 1 aromatic heterocycles. The van der Waals surface area contributed by atoms with E-state index in [1.54, 1.807) is 12.1 Å². The number of fused-ring (bicyclic) bond motifs is 1. The molecule has 0 bridgehead atoms. The minimum Gasteiger partial charge on any atom is -0.493 e. The molecular weight excluding hydrogens is 356 g/mol. The number of para-hydroxylation sites is 1. The fourth-order valence-corrected chi connectivity index (χ4v) is 3.32. The van der Waals surface area contributed by atoms with Crippen LogP contribution in [0.1, 0.15) is 45.4 Å². The summed E-state index contributed by atoms with van der Waals surface area (Å²) in [5.41, 5.74) is 3.30. The first-order valence-corrected chi connectivity index (χ1v) is 9.29. The van der Waals surface area contributed by atoms with Gasteiger partial charge < -0.3 is 19.3 Å². The maximum absolute atomic E-state index is 12.8. The van der Waals surface area contributed by atoms with Crippen LogP contribution in [0.3, 0.4) is 0 Å². The van der Waals surface area contributed by atoms with Crippen LogP contribution in [-0.4, -0.2) is 17.7 Å². The molecule has 3 aromatic rings. The van der Waals surface area contributed by atoms with Crippen LogP contribution >= 0.6 is 0 Å². The summed E-state index contributed by atoms with van der Waals surface area (Å²) in [6.07, 6.45) is 0.741. The zero-order chi connectivity index (χ0) is 19.5. The molecule has 0 fully saturated rings. The van der Waals surface area contributed by atoms with Crippen LogP contribution < -0.4 is 14.8 Å². The van der Waals surface area contributed by atoms with Crippen molar-refractivity contribution < 1.29 is 18.8 Å². The summed E-state index contributed by atoms with van der Waals surface area (Å²) in [4.78, 5) is 12.8. The first-order valence-electron chi connectivity index (χ1n) is 9.29. The van der Waals surface area contributed by atoms with Gasteiger partial charge >= 0.3 is 0 Å². The molecule has 144 valence electrons. The van der Waals surface area contributed by atoms with Crippen molar-refractivity contribution in [3.63, 3.8) is 0 Å². The van der Waals surface area contributed by atoms with Crippen molar-refractivity contribution >= 4 is 5.91 Å². The Hall–Kier alpha value is -3.28. The van der Waals surface area contributed by atoms with Crippen LogP contribution in [0.25, 0.3) is 0 Å². The quantitative estimate of drug-likeness (QED) is 0.723. The molecule has 1 N–H and O–H groups in total. The first kappa shape index (κ1) is 18.1. The Morgan fingerprint density at radius 1 is 1.21 bits per heavy atom. The second-order valence-corrected chi connectivity index (χ2v) is 6.82. The van der Waals surface area contributed by atoms with Gasteiger partial charge in [-0.1, -0.05) is 29.4 Å². The lowest BCUT2D eigenvalue weighted by molar-refractivity contribution is 0.0924. The lowest BCUT2D eigenvalue weighted by atomic mass is 10.00. The number of ether oxygens (including phenoxy) is 2. The summed E-state index contributed by atoms with van der Waals surface area (Å²) in [7, 11) is 0. The van der Waals surface area contributed by atoms with Gasteiger partial charge in [-0.2, -0.15) is 0 Å². The average Bonchev–Trinajstić information content (AvgIpc) is 3.04. The van der Waals surface area contributed by atoms with Crippen molar-refractivity contribution in [2.45, 2.75) is 32.9 Å². The van der Waals surface area contributed by atoms with Gasteiger partial charge in [0.05, 0.1) is 23.9 Å². The fraction of sp³-hybridized carbons (Fsp3) is 0.273. The molecule has 2 heterocycles. The van der Waals surface area contributed by atoms with Crippen molar-refractivity contribution in [3.05, 3.63) is 76.7 Å². The van der Waals surface area contributed by atoms with E-state index in [2.05, 4.69) is 10.5 Å². The van der Waals surface area contributed by atoms with Gasteiger partial charge in [-0.05, 0) is 38.1 Å². The molecule has 6 nitrogen and oxygen atoms in total. The van der Waals surface area contributed by atoms with Crippen LogP contribution in [-0.2, 0) is 6.61 Å². The van der Waals surface area contributed by atoms with E-state index in [4.69, 9.17) is 14.0 Å². The standard InChI is InChI=1S/C22H22N2O4/c1-14-19(15(2)28-24-14)13-27-17-7-5-6-16(12-17)22(25)23-20-10-11-26-21-9-4-3-8-18(20)21/h3-9,12,20H,10-11,13H2,1-2H3,(H,23,25)/t20-/m0/s1. The third kappa shape index (κ3) is 3.71. The number of benzene rings is 2. The molecular formula is C22H22N2O4. The lowest BCUT2D eigenvalue weighted by Gasteiger charge is -2.26. The average molecular weight is 378 g/mol. The van der Waals surface area contributed by atoms with Gasteiger partial charge in [0.25, 0.3) is 5.91 Å². The number of carbonyl (C=O) groups excluding carboxylic acids is 1. The third-order valence-corrected chi connectivity index (χ3v) is 4.92. The Balaban J connectivity index is 1.45. The maximum Gasteiger partial charge on any atom is 0.251 e. The molecule has 0 saturated heterocycles. The molecule has 0 saturated carbocycles. The summed E-state index contributed by atoms with van der Waals surface area (Å²) in [5.74, 6) is 2.06. The number of amides is 1. The van der Waals surface area contributed by atoms with Gasteiger partial charge in [0, 0.05) is 17.5 Å². The highest BCUT2D eigenvalue weighted by atomic mass is 16.5. The molecule has 0 radical (unpaired) electrons. The summed E-state index contributed by atoms with van der Waals surface area (Å²) in [6.45, 7) is 4.67. The van der Waals surface area contributed by atoms with Gasteiger partial charge in [0.2, 0.25) is 0 Å². The smallest absolute Gasteiger partial charge is 0.251 e. The van der Waals surface area contributed by atoms with E-state index in [9.17, 15) is 4.79 Å². The van der Waals surface area contributed by atoms with Crippen LogP contribution in [0.4, 0.5) is 0 Å². The van der Waals surface area contributed by atoms with Crippen LogP contribution in [0, 0.1) is 13.8 Å². The number of aryl methyl sites for hydroxylation is 2. The number of nitrogens with zero attached hydrogens (tertiary/aromatic N) is 1. The highest BCUT2D eigenvalue weighted by Crippen LogP contribution is 2.31. The molecule has 6 heteroatoms. The Bertz CT molecular complexity index is 976. The molecule has 0 unspecified atom stereocenters. The zero-order valence-electron chi connectivity index (χ0n) is 15.9. The van der Waals surface area contributed by atoms with E-state index in [0.717, 1.165) is 34.8 Å². The van der Waals surface area contributed by atoms with Crippen molar-refractivity contribution in [2.24, 2.45) is 0 Å². The Morgan fingerprint density at radius 2 is 2.07 bits per heavy atom. The summed E-state index contributed by atoms with van der Waals surface area (Å²) < 4.78 is 16.7. The van der Waals surface area contributed by atoms with E-state index in [1.165, 1.54) is 0 Å². The lowest BCUT2D eigenvalue weighted by Crippen LogP contribution is -2.32. The van der Waals surface area contributed by atoms with Gasteiger partial charge in [-0.25, -0.2) is 0 Å². The largest absolute Gasteiger partial charge is 0.493 e. The Labute approximate surface area is 163 Å². The van der Waals surface area contributed by atoms with E-state index in [-0.39, 0.29) is 11.9 Å². The molecule has 1 aliphatic heterocycles. The monoisotopic (exact) mass is 378 g/mol. The van der Waals surface area contributed by atoms with E-state index >= 15 is 0 Å². The van der Waals surface area contributed by atoms with Crippen molar-refractivity contribution in [3.8, 4) is 11.5 Å². The van der Waals surface area contributed by atoms with Gasteiger partial charge in [-0.15, -0.1) is 0 Å². The highest BCUT2D eigenvalue weighted by molar-refractivity contribution is 5.94. The van der Waals surface area contributed by atoms with Crippen LogP contribution in [0.5, 0.6) is 11.5 Å². The van der Waals surface area contributed by atoms with Crippen molar-refractivity contribution in [1.29, 1.82) is 0 Å². The van der Waals surface area contributed by atoms with Crippen LogP contribution in [0.2, 0.25) is 0 Å². The predicted molar refractivity (Wildman–Crippen MR) is 104 cm³/mol. The number of hydrogen-bond acceptors (Lipinski definition) is 5. The first-order chi connectivity index (χ1) is 13.6. The maximum atomic E-state index is 12.8. The molecule has 28 heavy (non-hydrogen) atoms. The number of aromatic nitrogens is 1. The normalized spacial score (nSPS) is 15.4.